The van der Waals surface area contributed by atoms with E-state index < -0.39 is 5.92 Å². The van der Waals surface area contributed by atoms with Crippen LogP contribution in [0, 0.1) is 5.92 Å². The molecular weight excluding hydrogens is 434 g/mol. The molecule has 2 aliphatic rings. The van der Waals surface area contributed by atoms with E-state index in [9.17, 15) is 9.59 Å². The Balaban J connectivity index is 1.51. The first-order valence-electron chi connectivity index (χ1n) is 12.0. The molecule has 0 bridgehead atoms. The third-order valence-electron chi connectivity index (χ3n) is 6.92. The zero-order chi connectivity index (χ0) is 23.2. The zero-order valence-electron chi connectivity index (χ0n) is 19.7. The summed E-state index contributed by atoms with van der Waals surface area (Å²) in [6.07, 6.45) is 3.46. The topological polar surface area (TPSA) is 61.9 Å². The second kappa shape index (κ2) is 11.3. The Hall–Kier alpha value is -2.22. The summed E-state index contributed by atoms with van der Waals surface area (Å²) >= 11 is 1.59. The monoisotopic (exact) mass is 469 g/mol. The van der Waals surface area contributed by atoms with Gasteiger partial charge in [-0.15, -0.1) is 11.3 Å². The molecule has 1 N–H and O–H groups in total. The van der Waals surface area contributed by atoms with Gasteiger partial charge in [0.1, 0.15) is 0 Å². The van der Waals surface area contributed by atoms with Crippen LogP contribution < -0.4 is 5.32 Å². The highest BCUT2D eigenvalue weighted by molar-refractivity contribution is 7.10. The predicted molar refractivity (Wildman–Crippen MR) is 132 cm³/mol. The Kier molecular flexibility index (Phi) is 8.17. The van der Waals surface area contributed by atoms with Gasteiger partial charge in [0.15, 0.2) is 0 Å². The van der Waals surface area contributed by atoms with Crippen molar-refractivity contribution in [3.05, 3.63) is 57.8 Å². The number of piperidine rings is 1. The number of likely N-dealkylation sites (tertiary alicyclic amines) is 1. The van der Waals surface area contributed by atoms with Crippen LogP contribution in [0.25, 0.3) is 0 Å². The van der Waals surface area contributed by atoms with Crippen molar-refractivity contribution in [2.45, 2.75) is 38.1 Å². The number of carbonyl (C=O) groups excluding carboxylic acids is 2. The number of nitrogens with zero attached hydrogens (tertiary/aromatic N) is 2. The first-order chi connectivity index (χ1) is 16.1. The Morgan fingerprint density at radius 2 is 1.94 bits per heavy atom. The van der Waals surface area contributed by atoms with E-state index in [1.165, 1.54) is 12.8 Å². The van der Waals surface area contributed by atoms with Gasteiger partial charge < -0.3 is 19.9 Å². The molecule has 7 heteroatoms. The number of carbonyl (C=O) groups is 2. The number of nitrogens with one attached hydrogen (secondary N) is 1. The van der Waals surface area contributed by atoms with E-state index in [1.54, 1.807) is 18.4 Å². The van der Waals surface area contributed by atoms with Gasteiger partial charge in [-0.2, -0.15) is 0 Å². The van der Waals surface area contributed by atoms with E-state index in [-0.39, 0.29) is 17.9 Å². The quantitative estimate of drug-likeness (QED) is 0.566. The van der Waals surface area contributed by atoms with Gasteiger partial charge in [-0.1, -0.05) is 31.2 Å². The van der Waals surface area contributed by atoms with Crippen molar-refractivity contribution in [3.8, 4) is 0 Å². The molecular formula is C26H35N3O3S. The van der Waals surface area contributed by atoms with Crippen LogP contribution >= 0.6 is 11.3 Å². The molecule has 4 rings (SSSR count). The molecule has 2 amide bonds. The lowest BCUT2D eigenvalue weighted by molar-refractivity contribution is -0.124. The SMILES string of the molecule is COCCN1C(=O)c2ccccc2C(C(=O)NCCCN2CCC(C)CC2)C1c1cccs1. The maximum absolute atomic E-state index is 13.6. The molecule has 3 heterocycles. The maximum Gasteiger partial charge on any atom is 0.254 e. The van der Waals surface area contributed by atoms with Crippen molar-refractivity contribution < 1.29 is 14.3 Å². The molecule has 2 aliphatic heterocycles. The van der Waals surface area contributed by atoms with E-state index in [1.807, 2.05) is 46.7 Å². The standard InChI is InChI=1S/C26H35N3O3S/c1-19-10-14-28(15-11-19)13-6-12-27-25(30)23-20-7-3-4-8-21(20)26(31)29(16-17-32-2)24(23)22-9-5-18-33-22/h3-5,7-9,18-19,23-24H,6,10-17H2,1-2H3,(H,27,30). The molecule has 33 heavy (non-hydrogen) atoms. The summed E-state index contributed by atoms with van der Waals surface area (Å²) in [5.74, 6) is 0.336. The molecule has 2 aromatic rings. The number of methoxy groups -OCH3 is 1. The van der Waals surface area contributed by atoms with Crippen LogP contribution in [-0.2, 0) is 9.53 Å². The number of hydrogen-bond acceptors (Lipinski definition) is 5. The lowest BCUT2D eigenvalue weighted by Crippen LogP contribution is -2.48. The molecule has 2 atom stereocenters. The van der Waals surface area contributed by atoms with Crippen molar-refractivity contribution in [1.82, 2.24) is 15.1 Å². The number of benzene rings is 1. The van der Waals surface area contributed by atoms with Gasteiger partial charge in [0.05, 0.1) is 18.6 Å². The minimum absolute atomic E-state index is 0.0111. The minimum Gasteiger partial charge on any atom is -0.383 e. The van der Waals surface area contributed by atoms with Crippen molar-refractivity contribution in [2.75, 3.05) is 46.4 Å². The van der Waals surface area contributed by atoms with Gasteiger partial charge in [-0.25, -0.2) is 0 Å². The molecule has 0 radical (unpaired) electrons. The number of amides is 2. The third kappa shape index (κ3) is 5.48. The molecule has 1 saturated heterocycles. The minimum atomic E-state index is -0.440. The Morgan fingerprint density at radius 1 is 1.15 bits per heavy atom. The van der Waals surface area contributed by atoms with Crippen LogP contribution in [0.2, 0.25) is 0 Å². The predicted octanol–water partition coefficient (Wildman–Crippen LogP) is 3.91. The lowest BCUT2D eigenvalue weighted by Gasteiger charge is -2.41. The molecule has 0 spiro atoms. The van der Waals surface area contributed by atoms with Crippen molar-refractivity contribution in [1.29, 1.82) is 0 Å². The fraction of sp³-hybridized carbons (Fsp3) is 0.538. The second-order valence-corrected chi connectivity index (χ2v) is 10.2. The van der Waals surface area contributed by atoms with Crippen LogP contribution in [0.3, 0.4) is 0 Å². The molecule has 1 aromatic carbocycles. The summed E-state index contributed by atoms with van der Waals surface area (Å²) in [6, 6.07) is 11.2. The fourth-order valence-corrected chi connectivity index (χ4v) is 5.87. The highest BCUT2D eigenvalue weighted by Gasteiger charge is 2.44. The first-order valence-corrected chi connectivity index (χ1v) is 12.9. The van der Waals surface area contributed by atoms with E-state index in [4.69, 9.17) is 4.74 Å². The molecule has 2 unspecified atom stereocenters. The van der Waals surface area contributed by atoms with Gasteiger partial charge in [-0.3, -0.25) is 9.59 Å². The van der Waals surface area contributed by atoms with Gasteiger partial charge in [0.25, 0.3) is 5.91 Å². The molecule has 178 valence electrons. The highest BCUT2D eigenvalue weighted by atomic mass is 32.1. The molecule has 0 aliphatic carbocycles. The number of hydrogen-bond donors (Lipinski definition) is 1. The normalized spacial score (nSPS) is 21.8. The molecule has 1 aromatic heterocycles. The summed E-state index contributed by atoms with van der Waals surface area (Å²) < 4.78 is 5.29. The van der Waals surface area contributed by atoms with Gasteiger partial charge in [0, 0.05) is 30.6 Å². The Bertz CT molecular complexity index is 925. The van der Waals surface area contributed by atoms with Gasteiger partial charge in [-0.05, 0) is 67.9 Å². The highest BCUT2D eigenvalue weighted by Crippen LogP contribution is 2.44. The van der Waals surface area contributed by atoms with E-state index >= 15 is 0 Å². The average Bonchev–Trinajstić information content (AvgIpc) is 3.37. The lowest BCUT2D eigenvalue weighted by atomic mass is 9.81. The summed E-state index contributed by atoms with van der Waals surface area (Å²) in [6.45, 7) is 7.17. The molecule has 1 fully saturated rings. The first kappa shape index (κ1) is 23.9. The van der Waals surface area contributed by atoms with Crippen LogP contribution in [-0.4, -0.2) is 68.1 Å². The van der Waals surface area contributed by atoms with Crippen LogP contribution in [0.15, 0.2) is 41.8 Å². The Labute approximate surface area is 200 Å². The number of rotatable bonds is 9. The van der Waals surface area contributed by atoms with Crippen molar-refractivity contribution in [2.24, 2.45) is 5.92 Å². The van der Waals surface area contributed by atoms with E-state index in [2.05, 4.69) is 17.1 Å². The van der Waals surface area contributed by atoms with Crippen LogP contribution in [0.1, 0.15) is 58.9 Å². The van der Waals surface area contributed by atoms with Crippen molar-refractivity contribution in [3.63, 3.8) is 0 Å². The largest absolute Gasteiger partial charge is 0.383 e. The smallest absolute Gasteiger partial charge is 0.254 e. The van der Waals surface area contributed by atoms with E-state index in [0.717, 1.165) is 42.4 Å². The Morgan fingerprint density at radius 3 is 2.67 bits per heavy atom. The van der Waals surface area contributed by atoms with Crippen LogP contribution in [0.4, 0.5) is 0 Å². The number of thiophene rings is 1. The van der Waals surface area contributed by atoms with Crippen molar-refractivity contribution >= 4 is 23.2 Å². The zero-order valence-corrected chi connectivity index (χ0v) is 20.5. The number of fused-ring (bicyclic) bond motifs is 1. The summed E-state index contributed by atoms with van der Waals surface area (Å²) in [5, 5.41) is 5.20. The van der Waals surface area contributed by atoms with Crippen LogP contribution in [0.5, 0.6) is 0 Å². The summed E-state index contributed by atoms with van der Waals surface area (Å²) in [5.41, 5.74) is 1.43. The maximum atomic E-state index is 13.6. The summed E-state index contributed by atoms with van der Waals surface area (Å²) in [7, 11) is 1.63. The second-order valence-electron chi connectivity index (χ2n) is 9.19. The average molecular weight is 470 g/mol. The molecule has 0 saturated carbocycles. The number of ether oxygens (including phenoxy) is 1. The van der Waals surface area contributed by atoms with E-state index in [0.29, 0.717) is 25.3 Å². The fourth-order valence-electron chi connectivity index (χ4n) is 5.00. The van der Waals surface area contributed by atoms with Gasteiger partial charge in [0.2, 0.25) is 5.91 Å². The molecule has 6 nitrogen and oxygen atoms in total. The van der Waals surface area contributed by atoms with Gasteiger partial charge >= 0.3 is 0 Å². The third-order valence-corrected chi connectivity index (χ3v) is 7.86. The summed E-state index contributed by atoms with van der Waals surface area (Å²) in [4.78, 5) is 32.3.